The van der Waals surface area contributed by atoms with Crippen molar-refractivity contribution < 1.29 is 8.91 Å². The lowest BCUT2D eigenvalue weighted by atomic mass is 9.91. The molecule has 1 saturated heterocycles. The number of hydrogen-bond acceptors (Lipinski definition) is 4. The van der Waals surface area contributed by atoms with Crippen LogP contribution in [0.2, 0.25) is 0 Å². The van der Waals surface area contributed by atoms with Crippen LogP contribution in [0.5, 0.6) is 0 Å². The lowest BCUT2D eigenvalue weighted by Crippen LogP contribution is -2.34. The van der Waals surface area contributed by atoms with Crippen molar-refractivity contribution in [2.75, 3.05) is 19.6 Å². The van der Waals surface area contributed by atoms with Gasteiger partial charge in [0, 0.05) is 35.8 Å². The van der Waals surface area contributed by atoms with E-state index in [4.69, 9.17) is 4.52 Å². The van der Waals surface area contributed by atoms with Crippen LogP contribution in [0.25, 0.3) is 11.0 Å². The third kappa shape index (κ3) is 3.42. The van der Waals surface area contributed by atoms with Crippen molar-refractivity contribution >= 4 is 11.0 Å². The quantitative estimate of drug-likeness (QED) is 0.718. The fourth-order valence-corrected chi connectivity index (χ4v) is 3.72. The molecule has 0 spiro atoms. The lowest BCUT2D eigenvalue weighted by Gasteiger charge is -2.31. The Balaban J connectivity index is 1.37. The molecule has 0 amide bonds. The number of nitrogens with zero attached hydrogens (tertiary/aromatic N) is 3. The second-order valence-electron chi connectivity index (χ2n) is 6.82. The second kappa shape index (κ2) is 6.92. The van der Waals surface area contributed by atoms with Gasteiger partial charge in [-0.15, -0.1) is 0 Å². The Hall–Kier alpha value is -2.27. The van der Waals surface area contributed by atoms with E-state index in [1.807, 2.05) is 12.3 Å². The van der Waals surface area contributed by atoms with Gasteiger partial charge in [0.15, 0.2) is 5.58 Å². The average molecular weight is 339 g/mol. The lowest BCUT2D eigenvalue weighted by molar-refractivity contribution is 0.211. The van der Waals surface area contributed by atoms with Crippen molar-refractivity contribution in [3.05, 3.63) is 59.3 Å². The Kier molecular flexibility index (Phi) is 4.49. The molecular weight excluding hydrogens is 317 g/mol. The largest absolute Gasteiger partial charge is 0.356 e. The zero-order chi connectivity index (χ0) is 17.2. The van der Waals surface area contributed by atoms with Gasteiger partial charge in [0.25, 0.3) is 0 Å². The van der Waals surface area contributed by atoms with E-state index in [9.17, 15) is 4.39 Å². The van der Waals surface area contributed by atoms with E-state index < -0.39 is 0 Å². The molecule has 1 aliphatic rings. The minimum absolute atomic E-state index is 0.282. The Bertz CT molecular complexity index is 868. The molecule has 130 valence electrons. The minimum Gasteiger partial charge on any atom is -0.356 e. The molecule has 0 N–H and O–H groups in total. The molecule has 0 atom stereocenters. The SMILES string of the molecule is Cc1ncccc1CCN1CCC(c2noc3cc(F)ccc23)CC1. The molecule has 2 aromatic heterocycles. The molecule has 4 nitrogen and oxygen atoms in total. The maximum absolute atomic E-state index is 13.3. The molecule has 0 saturated carbocycles. The summed E-state index contributed by atoms with van der Waals surface area (Å²) in [6.45, 7) is 5.24. The van der Waals surface area contributed by atoms with Crippen LogP contribution in [0.1, 0.15) is 35.7 Å². The predicted octanol–water partition coefficient (Wildman–Crippen LogP) is 4.09. The molecule has 1 fully saturated rings. The van der Waals surface area contributed by atoms with Crippen LogP contribution < -0.4 is 0 Å². The van der Waals surface area contributed by atoms with Crippen LogP contribution in [0, 0.1) is 12.7 Å². The standard InChI is InChI=1S/C20H22FN3O/c1-14-15(3-2-9-22-14)6-10-24-11-7-16(8-12-24)20-18-5-4-17(21)13-19(18)25-23-20/h2-5,9,13,16H,6-8,10-12H2,1H3. The first-order valence-corrected chi connectivity index (χ1v) is 8.88. The smallest absolute Gasteiger partial charge is 0.170 e. The summed E-state index contributed by atoms with van der Waals surface area (Å²) in [6.07, 6.45) is 5.00. The number of halogens is 1. The number of fused-ring (bicyclic) bond motifs is 1. The number of benzene rings is 1. The van der Waals surface area contributed by atoms with Crippen LogP contribution >= 0.6 is 0 Å². The average Bonchev–Trinajstić information content (AvgIpc) is 3.04. The van der Waals surface area contributed by atoms with E-state index in [-0.39, 0.29) is 5.82 Å². The number of rotatable bonds is 4. The molecule has 4 rings (SSSR count). The third-order valence-electron chi connectivity index (χ3n) is 5.25. The molecule has 0 unspecified atom stereocenters. The van der Waals surface area contributed by atoms with Gasteiger partial charge in [-0.1, -0.05) is 11.2 Å². The fraction of sp³-hybridized carbons (Fsp3) is 0.400. The van der Waals surface area contributed by atoms with Crippen molar-refractivity contribution in [2.45, 2.75) is 32.1 Å². The first-order valence-electron chi connectivity index (χ1n) is 8.88. The summed E-state index contributed by atoms with van der Waals surface area (Å²) in [5.41, 5.74) is 3.98. The highest BCUT2D eigenvalue weighted by Crippen LogP contribution is 2.32. The molecule has 5 heteroatoms. The summed E-state index contributed by atoms with van der Waals surface area (Å²) >= 11 is 0. The highest BCUT2D eigenvalue weighted by Gasteiger charge is 2.25. The van der Waals surface area contributed by atoms with Crippen LogP contribution in [-0.4, -0.2) is 34.7 Å². The predicted molar refractivity (Wildman–Crippen MR) is 95.1 cm³/mol. The number of aromatic nitrogens is 2. The number of hydrogen-bond donors (Lipinski definition) is 0. The highest BCUT2D eigenvalue weighted by atomic mass is 19.1. The topological polar surface area (TPSA) is 42.2 Å². The van der Waals surface area contributed by atoms with Crippen LogP contribution in [-0.2, 0) is 6.42 Å². The zero-order valence-corrected chi connectivity index (χ0v) is 14.4. The van der Waals surface area contributed by atoms with E-state index in [1.165, 1.54) is 17.7 Å². The third-order valence-corrected chi connectivity index (χ3v) is 5.25. The van der Waals surface area contributed by atoms with Crippen molar-refractivity contribution in [2.24, 2.45) is 0 Å². The van der Waals surface area contributed by atoms with E-state index >= 15 is 0 Å². The molecule has 0 radical (unpaired) electrons. The number of aryl methyl sites for hydroxylation is 1. The molecule has 25 heavy (non-hydrogen) atoms. The number of likely N-dealkylation sites (tertiary alicyclic amines) is 1. The molecule has 3 heterocycles. The van der Waals surface area contributed by atoms with Gasteiger partial charge in [-0.25, -0.2) is 4.39 Å². The van der Waals surface area contributed by atoms with E-state index in [0.29, 0.717) is 11.5 Å². The Morgan fingerprint density at radius 1 is 1.24 bits per heavy atom. The summed E-state index contributed by atoms with van der Waals surface area (Å²) in [4.78, 5) is 6.86. The summed E-state index contributed by atoms with van der Waals surface area (Å²) in [5.74, 6) is 0.110. The number of pyridine rings is 1. The van der Waals surface area contributed by atoms with Gasteiger partial charge in [-0.2, -0.15) is 0 Å². The van der Waals surface area contributed by atoms with Gasteiger partial charge >= 0.3 is 0 Å². The Labute approximate surface area is 146 Å². The normalized spacial score (nSPS) is 16.6. The summed E-state index contributed by atoms with van der Waals surface area (Å²) in [6, 6.07) is 8.85. The van der Waals surface area contributed by atoms with E-state index in [2.05, 4.69) is 28.0 Å². The summed E-state index contributed by atoms with van der Waals surface area (Å²) < 4.78 is 18.6. The van der Waals surface area contributed by atoms with Crippen molar-refractivity contribution in [1.29, 1.82) is 0 Å². The summed E-state index contributed by atoms with van der Waals surface area (Å²) in [7, 11) is 0. The first kappa shape index (κ1) is 16.2. The van der Waals surface area contributed by atoms with Gasteiger partial charge < -0.3 is 9.42 Å². The maximum atomic E-state index is 13.3. The zero-order valence-electron chi connectivity index (χ0n) is 14.4. The van der Waals surface area contributed by atoms with E-state index in [0.717, 1.165) is 55.7 Å². The second-order valence-corrected chi connectivity index (χ2v) is 6.82. The van der Waals surface area contributed by atoms with Gasteiger partial charge in [0.05, 0.1) is 5.69 Å². The molecule has 1 aliphatic heterocycles. The van der Waals surface area contributed by atoms with Crippen molar-refractivity contribution in [1.82, 2.24) is 15.0 Å². The van der Waals surface area contributed by atoms with Crippen molar-refractivity contribution in [3.63, 3.8) is 0 Å². The molecule has 3 aromatic rings. The highest BCUT2D eigenvalue weighted by molar-refractivity contribution is 5.79. The first-order chi connectivity index (χ1) is 12.2. The number of piperidine rings is 1. The monoisotopic (exact) mass is 339 g/mol. The van der Waals surface area contributed by atoms with Crippen LogP contribution in [0.15, 0.2) is 41.1 Å². The van der Waals surface area contributed by atoms with E-state index in [1.54, 1.807) is 6.07 Å². The van der Waals surface area contributed by atoms with Crippen LogP contribution in [0.3, 0.4) is 0 Å². The van der Waals surface area contributed by atoms with Crippen molar-refractivity contribution in [3.8, 4) is 0 Å². The Morgan fingerprint density at radius 3 is 2.88 bits per heavy atom. The molecule has 1 aromatic carbocycles. The van der Waals surface area contributed by atoms with Gasteiger partial charge in [0.2, 0.25) is 0 Å². The van der Waals surface area contributed by atoms with Gasteiger partial charge in [-0.05, 0) is 63.0 Å². The molecular formula is C20H22FN3O. The fourth-order valence-electron chi connectivity index (χ4n) is 3.72. The maximum Gasteiger partial charge on any atom is 0.170 e. The summed E-state index contributed by atoms with van der Waals surface area (Å²) in [5, 5.41) is 5.17. The van der Waals surface area contributed by atoms with Gasteiger partial charge in [0.1, 0.15) is 5.82 Å². The Morgan fingerprint density at radius 2 is 2.08 bits per heavy atom. The molecule has 0 aliphatic carbocycles. The minimum atomic E-state index is -0.282. The van der Waals surface area contributed by atoms with Crippen LogP contribution in [0.4, 0.5) is 4.39 Å². The molecule has 0 bridgehead atoms. The van der Waals surface area contributed by atoms with Gasteiger partial charge in [-0.3, -0.25) is 4.98 Å².